The van der Waals surface area contributed by atoms with Crippen LogP contribution in [0.2, 0.25) is 5.02 Å². The molecule has 6 heteroatoms. The molecule has 0 amide bonds. The Morgan fingerprint density at radius 3 is 2.68 bits per heavy atom. The number of rotatable bonds is 2. The molecule has 1 aromatic heterocycles. The molecule has 1 heterocycles. The van der Waals surface area contributed by atoms with Crippen LogP contribution in [0.3, 0.4) is 0 Å². The average molecular weight is 338 g/mol. The number of halogens is 2. The van der Waals surface area contributed by atoms with Crippen molar-refractivity contribution in [1.82, 2.24) is 9.97 Å². The molecule has 1 aromatic carbocycles. The Morgan fingerprint density at radius 2 is 2.00 bits per heavy atom. The Morgan fingerprint density at radius 1 is 1.26 bits per heavy atom. The highest BCUT2D eigenvalue weighted by Gasteiger charge is 2.07. The van der Waals surface area contributed by atoms with Gasteiger partial charge in [0.2, 0.25) is 5.95 Å². The zero-order chi connectivity index (χ0) is 14.0. The lowest BCUT2D eigenvalue weighted by Crippen LogP contribution is -2.01. The summed E-state index contributed by atoms with van der Waals surface area (Å²) in [6.07, 6.45) is 0. The molecule has 0 bridgehead atoms. The third-order valence-corrected chi connectivity index (χ3v) is 3.53. The molecule has 4 nitrogen and oxygen atoms in total. The first kappa shape index (κ1) is 13.8. The number of benzene rings is 1. The Balaban J connectivity index is 2.39. The summed E-state index contributed by atoms with van der Waals surface area (Å²) in [6, 6.07) is 7.33. The highest BCUT2D eigenvalue weighted by atomic mass is 79.9. The molecular weight excluding hydrogens is 328 g/mol. The Labute approximate surface area is 124 Å². The zero-order valence-electron chi connectivity index (χ0n) is 10.3. The summed E-state index contributed by atoms with van der Waals surface area (Å²) in [5.74, 6) is 0.372. The van der Waals surface area contributed by atoms with Gasteiger partial charge < -0.3 is 5.32 Å². The molecule has 0 saturated carbocycles. The first-order valence-corrected chi connectivity index (χ1v) is 6.65. The van der Waals surface area contributed by atoms with E-state index >= 15 is 0 Å². The average Bonchev–Trinajstić information content (AvgIpc) is 2.35. The number of aromatic nitrogens is 2. The van der Waals surface area contributed by atoms with E-state index in [0.29, 0.717) is 16.7 Å². The second-order valence-corrected chi connectivity index (χ2v) is 5.30. The van der Waals surface area contributed by atoms with Crippen molar-refractivity contribution in [3.63, 3.8) is 0 Å². The molecule has 2 rings (SSSR count). The molecule has 0 radical (unpaired) electrons. The van der Waals surface area contributed by atoms with E-state index in [1.165, 1.54) is 0 Å². The highest BCUT2D eigenvalue weighted by Crippen LogP contribution is 2.30. The lowest BCUT2D eigenvalue weighted by molar-refractivity contribution is 1.09. The maximum atomic E-state index is 8.89. The van der Waals surface area contributed by atoms with Crippen LogP contribution in [-0.4, -0.2) is 9.97 Å². The number of hydrogen-bond acceptors (Lipinski definition) is 4. The predicted octanol–water partition coefficient (Wildman–Crippen LogP) is 4.12. The molecule has 0 aliphatic rings. The van der Waals surface area contributed by atoms with E-state index in [1.807, 2.05) is 26.0 Å². The largest absolute Gasteiger partial charge is 0.323 e. The molecule has 0 saturated heterocycles. The number of nitrogens with one attached hydrogen (secondary N) is 1. The van der Waals surface area contributed by atoms with Gasteiger partial charge >= 0.3 is 0 Å². The molecular formula is C13H10BrClN4. The van der Waals surface area contributed by atoms with Gasteiger partial charge in [0, 0.05) is 15.2 Å². The van der Waals surface area contributed by atoms with E-state index in [0.717, 1.165) is 21.4 Å². The van der Waals surface area contributed by atoms with Gasteiger partial charge in [-0.1, -0.05) is 11.6 Å². The molecule has 0 aliphatic carbocycles. The summed E-state index contributed by atoms with van der Waals surface area (Å²) in [5.41, 5.74) is 2.78. The number of nitrogens with zero attached hydrogens (tertiary/aromatic N) is 3. The van der Waals surface area contributed by atoms with E-state index in [2.05, 4.69) is 31.2 Å². The fourth-order valence-corrected chi connectivity index (χ4v) is 2.26. The van der Waals surface area contributed by atoms with Gasteiger partial charge in [-0.15, -0.1) is 0 Å². The second kappa shape index (κ2) is 5.55. The van der Waals surface area contributed by atoms with E-state index in [1.54, 1.807) is 12.1 Å². The molecule has 19 heavy (non-hydrogen) atoms. The SMILES string of the molecule is Cc1cc(C#N)nc(Nc2cc(Cl)c(C)cc2Br)n1. The first-order chi connectivity index (χ1) is 8.99. The van der Waals surface area contributed by atoms with Gasteiger partial charge in [-0.2, -0.15) is 5.26 Å². The first-order valence-electron chi connectivity index (χ1n) is 5.48. The van der Waals surface area contributed by atoms with Gasteiger partial charge in [0.15, 0.2) is 0 Å². The lowest BCUT2D eigenvalue weighted by atomic mass is 10.2. The van der Waals surface area contributed by atoms with Crippen LogP contribution in [0.25, 0.3) is 0 Å². The van der Waals surface area contributed by atoms with Gasteiger partial charge in [0.1, 0.15) is 11.8 Å². The molecule has 1 N–H and O–H groups in total. The third kappa shape index (κ3) is 3.22. The number of aryl methyl sites for hydroxylation is 2. The van der Waals surface area contributed by atoms with Gasteiger partial charge in [0.05, 0.1) is 5.69 Å². The van der Waals surface area contributed by atoms with E-state index in [9.17, 15) is 0 Å². The summed E-state index contributed by atoms with van der Waals surface area (Å²) in [5, 5.41) is 12.6. The highest BCUT2D eigenvalue weighted by molar-refractivity contribution is 9.10. The fourth-order valence-electron chi connectivity index (χ4n) is 1.54. The van der Waals surface area contributed by atoms with Gasteiger partial charge in [-0.05, 0) is 53.5 Å². The van der Waals surface area contributed by atoms with Crippen molar-refractivity contribution in [2.24, 2.45) is 0 Å². The minimum Gasteiger partial charge on any atom is -0.323 e. The number of hydrogen-bond donors (Lipinski definition) is 1. The molecule has 0 spiro atoms. The van der Waals surface area contributed by atoms with Crippen molar-refractivity contribution in [3.8, 4) is 6.07 Å². The van der Waals surface area contributed by atoms with Crippen molar-refractivity contribution in [1.29, 1.82) is 5.26 Å². The van der Waals surface area contributed by atoms with Crippen molar-refractivity contribution in [2.75, 3.05) is 5.32 Å². The Hall–Kier alpha value is -1.64. The van der Waals surface area contributed by atoms with Crippen molar-refractivity contribution >= 4 is 39.2 Å². The van der Waals surface area contributed by atoms with Crippen molar-refractivity contribution < 1.29 is 0 Å². The van der Waals surface area contributed by atoms with Crippen molar-refractivity contribution in [2.45, 2.75) is 13.8 Å². The van der Waals surface area contributed by atoms with Crippen LogP contribution in [0.5, 0.6) is 0 Å². The number of anilines is 2. The molecule has 96 valence electrons. The van der Waals surface area contributed by atoms with Gasteiger partial charge in [0.25, 0.3) is 0 Å². The van der Waals surface area contributed by atoms with Crippen LogP contribution < -0.4 is 5.32 Å². The monoisotopic (exact) mass is 336 g/mol. The summed E-state index contributed by atoms with van der Waals surface area (Å²) in [6.45, 7) is 3.73. The predicted molar refractivity (Wildman–Crippen MR) is 78.7 cm³/mol. The minimum atomic E-state index is 0.323. The van der Waals surface area contributed by atoms with Crippen LogP contribution >= 0.6 is 27.5 Å². The fraction of sp³-hybridized carbons (Fsp3) is 0.154. The molecule has 2 aromatic rings. The van der Waals surface area contributed by atoms with Crippen LogP contribution in [0.15, 0.2) is 22.7 Å². The third-order valence-electron chi connectivity index (χ3n) is 2.46. The molecule has 0 atom stereocenters. The van der Waals surface area contributed by atoms with Gasteiger partial charge in [-0.25, -0.2) is 9.97 Å². The zero-order valence-corrected chi connectivity index (χ0v) is 12.7. The minimum absolute atomic E-state index is 0.323. The molecule has 0 aliphatic heterocycles. The van der Waals surface area contributed by atoms with Crippen LogP contribution in [0.4, 0.5) is 11.6 Å². The molecule has 0 fully saturated rings. The molecule has 0 unspecified atom stereocenters. The summed E-state index contributed by atoms with van der Waals surface area (Å²) < 4.78 is 0.859. The maximum Gasteiger partial charge on any atom is 0.228 e. The van der Waals surface area contributed by atoms with Crippen LogP contribution in [0, 0.1) is 25.2 Å². The van der Waals surface area contributed by atoms with Crippen molar-refractivity contribution in [3.05, 3.63) is 44.6 Å². The van der Waals surface area contributed by atoms with E-state index < -0.39 is 0 Å². The smallest absolute Gasteiger partial charge is 0.228 e. The normalized spacial score (nSPS) is 10.1. The lowest BCUT2D eigenvalue weighted by Gasteiger charge is -2.09. The van der Waals surface area contributed by atoms with E-state index in [4.69, 9.17) is 16.9 Å². The quantitative estimate of drug-likeness (QED) is 0.895. The van der Waals surface area contributed by atoms with Crippen LogP contribution in [-0.2, 0) is 0 Å². The maximum absolute atomic E-state index is 8.89. The topological polar surface area (TPSA) is 61.6 Å². The second-order valence-electron chi connectivity index (χ2n) is 4.04. The summed E-state index contributed by atoms with van der Waals surface area (Å²) >= 11 is 9.54. The van der Waals surface area contributed by atoms with Gasteiger partial charge in [-0.3, -0.25) is 0 Å². The van der Waals surface area contributed by atoms with Crippen LogP contribution in [0.1, 0.15) is 17.0 Å². The Kier molecular flexibility index (Phi) is 4.03. The summed E-state index contributed by atoms with van der Waals surface area (Å²) in [7, 11) is 0. The van der Waals surface area contributed by atoms with E-state index in [-0.39, 0.29) is 0 Å². The summed E-state index contributed by atoms with van der Waals surface area (Å²) in [4.78, 5) is 8.33. The Bertz CT molecular complexity index is 679. The standard InChI is InChI=1S/C13H10BrClN4/c1-7-3-10(14)12(5-11(7)15)19-13-17-8(2)4-9(6-16)18-13/h3-5H,1-2H3,(H,17,18,19). The number of nitriles is 1.